The van der Waals surface area contributed by atoms with Crippen LogP contribution in [0.25, 0.3) is 0 Å². The Morgan fingerprint density at radius 2 is 2.05 bits per heavy atom. The fourth-order valence-electron chi connectivity index (χ4n) is 3.57. The number of nitrogens with zero attached hydrogens (tertiary/aromatic N) is 2. The largest absolute Gasteiger partial charge is 0.368 e. The van der Waals surface area contributed by atoms with Crippen molar-refractivity contribution in [3.63, 3.8) is 0 Å². The van der Waals surface area contributed by atoms with Crippen LogP contribution in [-0.2, 0) is 9.59 Å². The van der Waals surface area contributed by atoms with Crippen LogP contribution < -0.4 is 5.73 Å². The predicted octanol–water partition coefficient (Wildman–Crippen LogP) is 1.67. The molecule has 5 nitrogen and oxygen atoms in total. The van der Waals surface area contributed by atoms with Gasteiger partial charge in [0.1, 0.15) is 0 Å². The van der Waals surface area contributed by atoms with Gasteiger partial charge >= 0.3 is 0 Å². The number of primary amides is 1. The number of rotatable bonds is 5. The summed E-state index contributed by atoms with van der Waals surface area (Å²) >= 11 is 0. The van der Waals surface area contributed by atoms with Crippen molar-refractivity contribution >= 4 is 11.8 Å². The quantitative estimate of drug-likeness (QED) is 0.786. The minimum atomic E-state index is -0.281. The van der Waals surface area contributed by atoms with E-state index in [0.29, 0.717) is 12.6 Å². The van der Waals surface area contributed by atoms with Gasteiger partial charge in [-0.1, -0.05) is 25.3 Å². The molecule has 1 aliphatic heterocycles. The van der Waals surface area contributed by atoms with Gasteiger partial charge in [0.15, 0.2) is 0 Å². The average molecular weight is 307 g/mol. The molecular weight excluding hydrogens is 278 g/mol. The first kappa shape index (κ1) is 17.0. The average Bonchev–Trinajstić information content (AvgIpc) is 2.52. The minimum absolute atomic E-state index is 0.160. The molecule has 2 N–H and O–H groups in total. The Morgan fingerprint density at radius 1 is 1.36 bits per heavy atom. The van der Waals surface area contributed by atoms with Gasteiger partial charge in [0.25, 0.3) is 0 Å². The van der Waals surface area contributed by atoms with E-state index in [-0.39, 0.29) is 17.9 Å². The highest BCUT2D eigenvalue weighted by molar-refractivity contribution is 5.79. The van der Waals surface area contributed by atoms with Gasteiger partial charge in [-0.25, -0.2) is 0 Å². The molecule has 0 aromatic heterocycles. The molecule has 0 saturated heterocycles. The highest BCUT2D eigenvalue weighted by Gasteiger charge is 2.27. The maximum atomic E-state index is 12.1. The van der Waals surface area contributed by atoms with Crippen LogP contribution in [0.5, 0.6) is 0 Å². The second-order valence-corrected chi connectivity index (χ2v) is 6.64. The van der Waals surface area contributed by atoms with Crippen molar-refractivity contribution < 1.29 is 9.59 Å². The van der Waals surface area contributed by atoms with Crippen molar-refractivity contribution in [2.75, 3.05) is 19.6 Å². The van der Waals surface area contributed by atoms with Gasteiger partial charge in [-0.15, -0.1) is 0 Å². The van der Waals surface area contributed by atoms with E-state index in [2.05, 4.69) is 11.0 Å². The number of hydrogen-bond donors (Lipinski definition) is 1. The van der Waals surface area contributed by atoms with E-state index in [1.165, 1.54) is 24.8 Å². The first-order chi connectivity index (χ1) is 10.5. The van der Waals surface area contributed by atoms with Gasteiger partial charge in [0, 0.05) is 32.6 Å². The van der Waals surface area contributed by atoms with Crippen LogP contribution in [0, 0.1) is 0 Å². The molecule has 1 heterocycles. The van der Waals surface area contributed by atoms with Crippen LogP contribution in [0.4, 0.5) is 0 Å². The molecule has 0 radical (unpaired) electrons. The molecular formula is C17H29N3O2. The molecule has 0 spiro atoms. The highest BCUT2D eigenvalue weighted by Crippen LogP contribution is 2.24. The van der Waals surface area contributed by atoms with E-state index in [1.54, 1.807) is 6.92 Å². The van der Waals surface area contributed by atoms with E-state index in [9.17, 15) is 9.59 Å². The smallest absolute Gasteiger partial charge is 0.234 e. The molecule has 0 bridgehead atoms. The lowest BCUT2D eigenvalue weighted by Gasteiger charge is -2.37. The van der Waals surface area contributed by atoms with E-state index in [4.69, 9.17) is 5.73 Å². The minimum Gasteiger partial charge on any atom is -0.368 e. The Bertz CT molecular complexity index is 441. The van der Waals surface area contributed by atoms with Crippen molar-refractivity contribution in [1.82, 2.24) is 9.80 Å². The molecule has 1 saturated carbocycles. The van der Waals surface area contributed by atoms with E-state index in [1.807, 2.05) is 11.8 Å². The number of nitrogens with two attached hydrogens (primary N) is 1. The number of carbonyl (C=O) groups is 2. The van der Waals surface area contributed by atoms with E-state index in [0.717, 1.165) is 32.4 Å². The van der Waals surface area contributed by atoms with Gasteiger partial charge in [-0.2, -0.15) is 0 Å². The van der Waals surface area contributed by atoms with Crippen molar-refractivity contribution in [3.05, 3.63) is 11.6 Å². The zero-order valence-electron chi connectivity index (χ0n) is 13.9. The van der Waals surface area contributed by atoms with E-state index >= 15 is 0 Å². The van der Waals surface area contributed by atoms with Crippen molar-refractivity contribution in [3.8, 4) is 0 Å². The Hall–Kier alpha value is -1.36. The van der Waals surface area contributed by atoms with Gasteiger partial charge < -0.3 is 10.6 Å². The Labute approximate surface area is 133 Å². The van der Waals surface area contributed by atoms with Crippen LogP contribution in [0.2, 0.25) is 0 Å². The molecule has 2 aliphatic rings. The summed E-state index contributed by atoms with van der Waals surface area (Å²) in [5, 5.41) is 0. The highest BCUT2D eigenvalue weighted by atomic mass is 16.2. The molecule has 124 valence electrons. The first-order valence-electron chi connectivity index (χ1n) is 8.47. The predicted molar refractivity (Wildman–Crippen MR) is 87.2 cm³/mol. The SMILES string of the molecule is CC(=O)N(CC1=CCCN([C@H](C)C(N)=O)C1)C1CCCCC1. The van der Waals surface area contributed by atoms with E-state index < -0.39 is 0 Å². The lowest BCUT2D eigenvalue weighted by atomic mass is 9.93. The molecule has 2 rings (SSSR count). The summed E-state index contributed by atoms with van der Waals surface area (Å²) in [6.45, 7) is 5.82. The van der Waals surface area contributed by atoms with Crippen LogP contribution in [-0.4, -0.2) is 53.3 Å². The summed E-state index contributed by atoms with van der Waals surface area (Å²) in [4.78, 5) is 27.6. The third kappa shape index (κ3) is 4.32. The fourth-order valence-corrected chi connectivity index (χ4v) is 3.57. The van der Waals surface area contributed by atoms with Crippen molar-refractivity contribution in [2.45, 2.75) is 64.5 Å². The van der Waals surface area contributed by atoms with Crippen molar-refractivity contribution in [1.29, 1.82) is 0 Å². The summed E-state index contributed by atoms with van der Waals surface area (Å²) in [5.74, 6) is -0.121. The van der Waals surface area contributed by atoms with Gasteiger partial charge in [0.2, 0.25) is 11.8 Å². The maximum Gasteiger partial charge on any atom is 0.234 e. The maximum absolute atomic E-state index is 12.1. The molecule has 22 heavy (non-hydrogen) atoms. The third-order valence-corrected chi connectivity index (χ3v) is 5.01. The Kier molecular flexibility index (Phi) is 6.00. The second-order valence-electron chi connectivity index (χ2n) is 6.64. The number of hydrogen-bond acceptors (Lipinski definition) is 3. The van der Waals surface area contributed by atoms with Gasteiger partial charge in [-0.05, 0) is 31.8 Å². The van der Waals surface area contributed by atoms with Crippen molar-refractivity contribution in [2.24, 2.45) is 5.73 Å². The summed E-state index contributed by atoms with van der Waals surface area (Å²) in [6.07, 6.45) is 9.11. The first-order valence-corrected chi connectivity index (χ1v) is 8.47. The zero-order chi connectivity index (χ0) is 16.1. The molecule has 0 aromatic rings. The second kappa shape index (κ2) is 7.77. The lowest BCUT2D eigenvalue weighted by Crippen LogP contribution is -2.47. The standard InChI is InChI=1S/C17H29N3O2/c1-13(17(18)22)19-10-6-7-15(11-19)12-20(14(2)21)16-8-4-3-5-9-16/h7,13,16H,3-6,8-12H2,1-2H3,(H2,18,22)/t13-/m1/s1. The molecule has 1 atom stereocenters. The van der Waals surface area contributed by atoms with Crippen LogP contribution in [0.3, 0.4) is 0 Å². The normalized spacial score (nSPS) is 22.0. The van der Waals surface area contributed by atoms with Gasteiger partial charge in [-0.3, -0.25) is 14.5 Å². The monoisotopic (exact) mass is 307 g/mol. The molecule has 0 unspecified atom stereocenters. The summed E-state index contributed by atoms with van der Waals surface area (Å²) < 4.78 is 0. The molecule has 5 heteroatoms. The molecule has 0 aromatic carbocycles. The number of carbonyl (C=O) groups excluding carboxylic acids is 2. The molecule has 2 amide bonds. The fraction of sp³-hybridized carbons (Fsp3) is 0.765. The third-order valence-electron chi connectivity index (χ3n) is 5.01. The summed E-state index contributed by atoms with van der Waals surface area (Å²) in [5.41, 5.74) is 6.65. The van der Waals surface area contributed by atoms with Crippen LogP contribution >= 0.6 is 0 Å². The Balaban J connectivity index is 1.98. The van der Waals surface area contributed by atoms with Crippen LogP contribution in [0.15, 0.2) is 11.6 Å². The summed E-state index contributed by atoms with van der Waals surface area (Å²) in [6, 6.07) is 0.139. The topological polar surface area (TPSA) is 66.6 Å². The summed E-state index contributed by atoms with van der Waals surface area (Å²) in [7, 11) is 0. The zero-order valence-corrected chi connectivity index (χ0v) is 13.9. The van der Waals surface area contributed by atoms with Gasteiger partial charge in [0.05, 0.1) is 6.04 Å². The van der Waals surface area contributed by atoms with Crippen LogP contribution in [0.1, 0.15) is 52.4 Å². The number of amides is 2. The molecule has 1 aliphatic carbocycles. The lowest BCUT2D eigenvalue weighted by molar-refractivity contribution is -0.131. The molecule has 1 fully saturated rings. The Morgan fingerprint density at radius 3 is 2.64 bits per heavy atom.